The third-order valence-corrected chi connectivity index (χ3v) is 5.51. The molecule has 0 bridgehead atoms. The van der Waals surface area contributed by atoms with Crippen molar-refractivity contribution < 1.29 is 14.9 Å². The molecule has 27 heavy (non-hydrogen) atoms. The van der Waals surface area contributed by atoms with E-state index in [2.05, 4.69) is 20.8 Å². The van der Waals surface area contributed by atoms with Crippen LogP contribution in [0.5, 0.6) is 17.2 Å². The van der Waals surface area contributed by atoms with Gasteiger partial charge in [0.05, 0.1) is 0 Å². The largest absolute Gasteiger partial charge is 0.504 e. The SMILES string of the molecule is CCCCCCCC(CCCCC)(CCCCC)Oc1cccc(O)c1O. The molecule has 0 aliphatic rings. The fourth-order valence-electron chi connectivity index (χ4n) is 3.80. The number of unbranched alkanes of at least 4 members (excludes halogenated alkanes) is 8. The fourth-order valence-corrected chi connectivity index (χ4v) is 3.80. The molecule has 0 unspecified atom stereocenters. The second-order valence-electron chi connectivity index (χ2n) is 7.99. The molecule has 156 valence electrons. The maximum Gasteiger partial charge on any atom is 0.200 e. The normalized spacial score (nSPS) is 11.7. The minimum Gasteiger partial charge on any atom is -0.504 e. The lowest BCUT2D eigenvalue weighted by Gasteiger charge is -2.35. The van der Waals surface area contributed by atoms with Crippen molar-refractivity contribution in [1.82, 2.24) is 0 Å². The number of para-hydroxylation sites is 1. The lowest BCUT2D eigenvalue weighted by atomic mass is 9.84. The van der Waals surface area contributed by atoms with Crippen LogP contribution in [0.3, 0.4) is 0 Å². The Morgan fingerprint density at radius 1 is 0.704 bits per heavy atom. The zero-order valence-electron chi connectivity index (χ0n) is 17.9. The first-order valence-electron chi connectivity index (χ1n) is 11.3. The first-order chi connectivity index (χ1) is 13.1. The fraction of sp³-hybridized carbons (Fsp3) is 0.750. The summed E-state index contributed by atoms with van der Waals surface area (Å²) in [6.45, 7) is 6.70. The lowest BCUT2D eigenvalue weighted by molar-refractivity contribution is 0.0307. The number of ether oxygens (including phenoxy) is 1. The van der Waals surface area contributed by atoms with Gasteiger partial charge in [0.1, 0.15) is 5.60 Å². The number of phenolic OH excluding ortho intramolecular Hbond substituents is 2. The van der Waals surface area contributed by atoms with Crippen LogP contribution in [0.15, 0.2) is 18.2 Å². The Balaban J connectivity index is 2.92. The van der Waals surface area contributed by atoms with Gasteiger partial charge in [0, 0.05) is 0 Å². The van der Waals surface area contributed by atoms with E-state index in [0.717, 1.165) is 38.5 Å². The zero-order chi connectivity index (χ0) is 20.0. The van der Waals surface area contributed by atoms with Crippen LogP contribution < -0.4 is 4.74 Å². The first kappa shape index (κ1) is 23.7. The summed E-state index contributed by atoms with van der Waals surface area (Å²) in [5.41, 5.74) is -0.234. The Bertz CT molecular complexity index is 488. The van der Waals surface area contributed by atoms with Crippen LogP contribution >= 0.6 is 0 Å². The molecule has 0 spiro atoms. The topological polar surface area (TPSA) is 49.7 Å². The Labute approximate surface area is 167 Å². The standard InChI is InChI=1S/C24H42O3/c1-4-7-10-11-14-20-24(18-12-8-5-2,19-13-9-6-3)27-22-17-15-16-21(25)23(22)26/h15-17,25-26H,4-14,18-20H2,1-3H3. The Kier molecular flexibility index (Phi) is 12.0. The van der Waals surface area contributed by atoms with Gasteiger partial charge in [-0.1, -0.05) is 78.2 Å². The van der Waals surface area contributed by atoms with E-state index in [9.17, 15) is 10.2 Å². The highest BCUT2D eigenvalue weighted by Crippen LogP contribution is 2.41. The Morgan fingerprint density at radius 2 is 1.19 bits per heavy atom. The van der Waals surface area contributed by atoms with E-state index in [1.165, 1.54) is 57.4 Å². The van der Waals surface area contributed by atoms with Gasteiger partial charge < -0.3 is 14.9 Å². The quantitative estimate of drug-likeness (QED) is 0.228. The number of hydrogen-bond acceptors (Lipinski definition) is 3. The maximum absolute atomic E-state index is 10.3. The number of rotatable bonds is 16. The molecule has 1 rings (SSSR count). The molecule has 1 aromatic rings. The summed E-state index contributed by atoms with van der Waals surface area (Å²) in [4.78, 5) is 0. The minimum atomic E-state index is -0.234. The number of aromatic hydroxyl groups is 2. The molecule has 0 radical (unpaired) electrons. The van der Waals surface area contributed by atoms with E-state index in [4.69, 9.17) is 4.74 Å². The molecule has 0 saturated heterocycles. The molecule has 0 heterocycles. The second kappa shape index (κ2) is 13.7. The minimum absolute atomic E-state index is 0.105. The van der Waals surface area contributed by atoms with Gasteiger partial charge in [-0.2, -0.15) is 0 Å². The third-order valence-electron chi connectivity index (χ3n) is 5.51. The smallest absolute Gasteiger partial charge is 0.200 e. The van der Waals surface area contributed by atoms with E-state index in [1.54, 1.807) is 12.1 Å². The van der Waals surface area contributed by atoms with Gasteiger partial charge in [-0.05, 0) is 50.7 Å². The molecule has 3 nitrogen and oxygen atoms in total. The van der Waals surface area contributed by atoms with E-state index in [1.807, 2.05) is 0 Å². The van der Waals surface area contributed by atoms with Crippen molar-refractivity contribution in [3.63, 3.8) is 0 Å². The van der Waals surface area contributed by atoms with Gasteiger partial charge in [-0.3, -0.25) is 0 Å². The predicted molar refractivity (Wildman–Crippen MR) is 115 cm³/mol. The molecule has 0 aliphatic heterocycles. The molecular weight excluding hydrogens is 336 g/mol. The molecule has 0 fully saturated rings. The van der Waals surface area contributed by atoms with Crippen molar-refractivity contribution in [3.05, 3.63) is 18.2 Å². The van der Waals surface area contributed by atoms with Crippen molar-refractivity contribution in [2.45, 2.75) is 116 Å². The summed E-state index contributed by atoms with van der Waals surface area (Å²) in [6.07, 6.45) is 16.4. The van der Waals surface area contributed by atoms with E-state index in [-0.39, 0.29) is 17.1 Å². The van der Waals surface area contributed by atoms with Crippen LogP contribution in [0, 0.1) is 0 Å². The number of hydrogen-bond donors (Lipinski definition) is 2. The number of benzene rings is 1. The zero-order valence-corrected chi connectivity index (χ0v) is 17.9. The molecule has 0 atom stereocenters. The molecule has 0 amide bonds. The molecular formula is C24H42O3. The first-order valence-corrected chi connectivity index (χ1v) is 11.3. The maximum atomic E-state index is 10.3. The van der Waals surface area contributed by atoms with Crippen LogP contribution in [0.2, 0.25) is 0 Å². The summed E-state index contributed by atoms with van der Waals surface area (Å²) in [5, 5.41) is 20.1. The second-order valence-corrected chi connectivity index (χ2v) is 7.99. The highest BCUT2D eigenvalue weighted by atomic mass is 16.5. The van der Waals surface area contributed by atoms with Gasteiger partial charge in [0.2, 0.25) is 5.75 Å². The highest BCUT2D eigenvalue weighted by Gasteiger charge is 2.32. The highest BCUT2D eigenvalue weighted by molar-refractivity contribution is 5.49. The molecule has 0 aliphatic carbocycles. The average Bonchev–Trinajstić information content (AvgIpc) is 2.66. The van der Waals surface area contributed by atoms with E-state index < -0.39 is 0 Å². The van der Waals surface area contributed by atoms with Gasteiger partial charge in [0.15, 0.2) is 11.5 Å². The van der Waals surface area contributed by atoms with E-state index in [0.29, 0.717) is 5.75 Å². The molecule has 0 aromatic heterocycles. The third kappa shape index (κ3) is 8.90. The van der Waals surface area contributed by atoms with Gasteiger partial charge in [-0.25, -0.2) is 0 Å². The Hall–Kier alpha value is -1.38. The van der Waals surface area contributed by atoms with Gasteiger partial charge in [-0.15, -0.1) is 0 Å². The molecule has 2 N–H and O–H groups in total. The van der Waals surface area contributed by atoms with Crippen LogP contribution in [0.25, 0.3) is 0 Å². The monoisotopic (exact) mass is 378 g/mol. The number of phenols is 2. The van der Waals surface area contributed by atoms with Crippen LogP contribution in [-0.2, 0) is 0 Å². The van der Waals surface area contributed by atoms with Crippen molar-refractivity contribution in [3.8, 4) is 17.2 Å². The van der Waals surface area contributed by atoms with E-state index >= 15 is 0 Å². The summed E-state index contributed by atoms with van der Waals surface area (Å²) in [6, 6.07) is 5.03. The molecule has 1 aromatic carbocycles. The average molecular weight is 379 g/mol. The summed E-state index contributed by atoms with van der Waals surface area (Å²) in [5.74, 6) is 0.196. The predicted octanol–water partition coefficient (Wildman–Crippen LogP) is 7.74. The summed E-state index contributed by atoms with van der Waals surface area (Å²) >= 11 is 0. The molecule has 3 heteroatoms. The molecule has 0 saturated carbocycles. The van der Waals surface area contributed by atoms with Crippen LogP contribution in [0.4, 0.5) is 0 Å². The van der Waals surface area contributed by atoms with Gasteiger partial charge in [0.25, 0.3) is 0 Å². The van der Waals surface area contributed by atoms with Crippen LogP contribution in [0.1, 0.15) is 111 Å². The van der Waals surface area contributed by atoms with Crippen LogP contribution in [-0.4, -0.2) is 15.8 Å². The van der Waals surface area contributed by atoms with Gasteiger partial charge >= 0.3 is 0 Å². The van der Waals surface area contributed by atoms with Crippen molar-refractivity contribution in [2.75, 3.05) is 0 Å². The van der Waals surface area contributed by atoms with Crippen molar-refractivity contribution in [2.24, 2.45) is 0 Å². The van der Waals surface area contributed by atoms with Crippen molar-refractivity contribution >= 4 is 0 Å². The lowest BCUT2D eigenvalue weighted by Crippen LogP contribution is -2.36. The summed E-state index contributed by atoms with van der Waals surface area (Å²) < 4.78 is 6.50. The van der Waals surface area contributed by atoms with Crippen molar-refractivity contribution in [1.29, 1.82) is 0 Å². The summed E-state index contributed by atoms with van der Waals surface area (Å²) in [7, 11) is 0. The Morgan fingerprint density at radius 3 is 1.74 bits per heavy atom.